The Morgan fingerprint density at radius 2 is 1.82 bits per heavy atom. The molecule has 2 heterocycles. The number of halogens is 3. The third-order valence-corrected chi connectivity index (χ3v) is 5.69. The van der Waals surface area contributed by atoms with E-state index in [0.29, 0.717) is 11.2 Å². The SMILES string of the molecule is CCCC(c1cc(C)c(-n2cc(C(F)(F)F)cn2)c(C)c1)n1cc2cc(C(=O)O)ccc2n1. The van der Waals surface area contributed by atoms with Crippen molar-refractivity contribution in [3.8, 4) is 5.69 Å². The van der Waals surface area contributed by atoms with Crippen LogP contribution < -0.4 is 0 Å². The van der Waals surface area contributed by atoms with Gasteiger partial charge < -0.3 is 5.11 Å². The lowest BCUT2D eigenvalue weighted by molar-refractivity contribution is -0.137. The van der Waals surface area contributed by atoms with Gasteiger partial charge in [0.1, 0.15) is 0 Å². The molecule has 2 aromatic carbocycles. The second-order valence-electron chi connectivity index (χ2n) is 8.17. The van der Waals surface area contributed by atoms with Crippen molar-refractivity contribution in [2.75, 3.05) is 0 Å². The first-order valence-electron chi connectivity index (χ1n) is 10.5. The molecule has 172 valence electrons. The number of carbonyl (C=O) groups is 1. The minimum absolute atomic E-state index is 0.106. The molecule has 6 nitrogen and oxygen atoms in total. The average molecular weight is 456 g/mol. The van der Waals surface area contributed by atoms with Crippen LogP contribution in [0.5, 0.6) is 0 Å². The highest BCUT2D eigenvalue weighted by Gasteiger charge is 2.32. The van der Waals surface area contributed by atoms with Crippen LogP contribution in [0.15, 0.2) is 48.9 Å². The summed E-state index contributed by atoms with van der Waals surface area (Å²) < 4.78 is 42.2. The number of carboxylic acid groups (broad SMARTS) is 1. The normalized spacial score (nSPS) is 12.9. The molecule has 0 aliphatic carbocycles. The molecular formula is C24H23F3N4O2. The molecule has 0 bridgehead atoms. The van der Waals surface area contributed by atoms with Gasteiger partial charge in [-0.2, -0.15) is 23.4 Å². The monoisotopic (exact) mass is 456 g/mol. The summed E-state index contributed by atoms with van der Waals surface area (Å²) in [7, 11) is 0. The van der Waals surface area contributed by atoms with E-state index in [0.717, 1.165) is 47.3 Å². The van der Waals surface area contributed by atoms with Crippen LogP contribution in [0.3, 0.4) is 0 Å². The van der Waals surface area contributed by atoms with Crippen LogP contribution in [-0.4, -0.2) is 30.6 Å². The van der Waals surface area contributed by atoms with Crippen LogP contribution >= 0.6 is 0 Å². The van der Waals surface area contributed by atoms with Gasteiger partial charge in [0, 0.05) is 17.8 Å². The van der Waals surface area contributed by atoms with Gasteiger partial charge in [0.05, 0.1) is 34.6 Å². The Hall–Kier alpha value is -3.62. The first-order valence-corrected chi connectivity index (χ1v) is 10.5. The van der Waals surface area contributed by atoms with Gasteiger partial charge in [0.25, 0.3) is 0 Å². The Morgan fingerprint density at radius 3 is 2.39 bits per heavy atom. The molecule has 0 aliphatic heterocycles. The van der Waals surface area contributed by atoms with Gasteiger partial charge in [-0.25, -0.2) is 9.48 Å². The Labute approximate surface area is 188 Å². The standard InChI is InChI=1S/C24H23F3N4O2/c1-4-5-21(30-12-18-10-16(23(32)33)6-7-20(18)29-30)17-8-14(2)22(15(3)9-17)31-13-19(11-28-31)24(25,26)27/h6-13,21H,4-5H2,1-3H3,(H,32,33). The summed E-state index contributed by atoms with van der Waals surface area (Å²) in [6.45, 7) is 5.76. The van der Waals surface area contributed by atoms with Crippen LogP contribution in [0.25, 0.3) is 16.6 Å². The van der Waals surface area contributed by atoms with Gasteiger partial charge in [-0.05, 0) is 55.2 Å². The number of aromatic carboxylic acids is 1. The van der Waals surface area contributed by atoms with E-state index < -0.39 is 17.7 Å². The minimum atomic E-state index is -4.45. The van der Waals surface area contributed by atoms with Crippen molar-refractivity contribution >= 4 is 16.9 Å². The van der Waals surface area contributed by atoms with Gasteiger partial charge in [-0.15, -0.1) is 0 Å². The molecule has 9 heteroatoms. The van der Waals surface area contributed by atoms with Gasteiger partial charge in [0.15, 0.2) is 0 Å². The first-order chi connectivity index (χ1) is 15.6. The lowest BCUT2D eigenvalue weighted by atomic mass is 9.96. The zero-order valence-electron chi connectivity index (χ0n) is 18.4. The van der Waals surface area contributed by atoms with E-state index in [4.69, 9.17) is 0 Å². The fourth-order valence-corrected chi connectivity index (χ4v) is 4.20. The van der Waals surface area contributed by atoms with Crippen molar-refractivity contribution in [3.63, 3.8) is 0 Å². The number of aryl methyl sites for hydroxylation is 2. The average Bonchev–Trinajstić information content (AvgIpc) is 3.37. The predicted octanol–water partition coefficient (Wildman–Crippen LogP) is 5.95. The van der Waals surface area contributed by atoms with E-state index in [2.05, 4.69) is 17.1 Å². The fourth-order valence-electron chi connectivity index (χ4n) is 4.20. The summed E-state index contributed by atoms with van der Waals surface area (Å²) >= 11 is 0. The molecular weight excluding hydrogens is 433 g/mol. The summed E-state index contributed by atoms with van der Waals surface area (Å²) in [5, 5.41) is 18.6. The molecule has 33 heavy (non-hydrogen) atoms. The molecule has 0 radical (unpaired) electrons. The van der Waals surface area contributed by atoms with Crippen molar-refractivity contribution in [3.05, 3.63) is 76.7 Å². The number of fused-ring (bicyclic) bond motifs is 1. The van der Waals surface area contributed by atoms with Crippen LogP contribution in [0.1, 0.15) is 58.4 Å². The predicted molar refractivity (Wildman–Crippen MR) is 118 cm³/mol. The maximum Gasteiger partial charge on any atom is 0.419 e. The molecule has 1 N–H and O–H groups in total. The molecule has 2 aromatic heterocycles. The Morgan fingerprint density at radius 1 is 1.12 bits per heavy atom. The number of rotatable bonds is 6. The molecule has 0 saturated heterocycles. The second-order valence-corrected chi connectivity index (χ2v) is 8.17. The number of hydrogen-bond donors (Lipinski definition) is 1. The molecule has 0 aliphatic rings. The minimum Gasteiger partial charge on any atom is -0.478 e. The second kappa shape index (κ2) is 8.38. The zero-order chi connectivity index (χ0) is 23.9. The summed E-state index contributed by atoms with van der Waals surface area (Å²) in [5.74, 6) is -0.996. The number of aromatic nitrogens is 4. The quantitative estimate of drug-likeness (QED) is 0.389. The van der Waals surface area contributed by atoms with Gasteiger partial charge in [-0.3, -0.25) is 4.68 Å². The molecule has 0 saturated carbocycles. The number of hydrogen-bond acceptors (Lipinski definition) is 3. The van der Waals surface area contributed by atoms with Crippen molar-refractivity contribution in [2.24, 2.45) is 0 Å². The van der Waals surface area contributed by atoms with E-state index in [9.17, 15) is 23.1 Å². The highest BCUT2D eigenvalue weighted by Crippen LogP contribution is 2.32. The Bertz CT molecular complexity index is 1310. The fraction of sp³-hybridized carbons (Fsp3) is 0.292. The van der Waals surface area contributed by atoms with E-state index in [1.807, 2.05) is 36.9 Å². The largest absolute Gasteiger partial charge is 0.478 e. The Balaban J connectivity index is 1.75. The van der Waals surface area contributed by atoms with Gasteiger partial charge in [-0.1, -0.05) is 25.5 Å². The highest BCUT2D eigenvalue weighted by atomic mass is 19.4. The first kappa shape index (κ1) is 22.6. The summed E-state index contributed by atoms with van der Waals surface area (Å²) in [5.41, 5.74) is 3.29. The topological polar surface area (TPSA) is 72.9 Å². The van der Waals surface area contributed by atoms with Crippen LogP contribution in [0.4, 0.5) is 13.2 Å². The zero-order valence-corrected chi connectivity index (χ0v) is 18.4. The van der Waals surface area contributed by atoms with Crippen LogP contribution in [0.2, 0.25) is 0 Å². The third-order valence-electron chi connectivity index (χ3n) is 5.69. The molecule has 1 unspecified atom stereocenters. The molecule has 0 fully saturated rings. The van der Waals surface area contributed by atoms with E-state index in [1.54, 1.807) is 12.1 Å². The number of alkyl halides is 3. The van der Waals surface area contributed by atoms with Gasteiger partial charge >= 0.3 is 12.1 Å². The molecule has 4 rings (SSSR count). The van der Waals surface area contributed by atoms with E-state index >= 15 is 0 Å². The molecule has 4 aromatic rings. The molecule has 0 spiro atoms. The van der Waals surface area contributed by atoms with Crippen LogP contribution in [0, 0.1) is 13.8 Å². The molecule has 0 amide bonds. The summed E-state index contributed by atoms with van der Waals surface area (Å²) in [6.07, 6.45) is 0.887. The molecule has 1 atom stereocenters. The van der Waals surface area contributed by atoms with Crippen molar-refractivity contribution in [1.82, 2.24) is 19.6 Å². The maximum absolute atomic E-state index is 13.0. The summed E-state index contributed by atoms with van der Waals surface area (Å²) in [6, 6.07) is 8.61. The van der Waals surface area contributed by atoms with Crippen LogP contribution in [-0.2, 0) is 6.18 Å². The number of benzene rings is 2. The lowest BCUT2D eigenvalue weighted by Gasteiger charge is -2.20. The number of carboxylic acids is 1. The highest BCUT2D eigenvalue weighted by molar-refractivity contribution is 5.93. The lowest BCUT2D eigenvalue weighted by Crippen LogP contribution is -2.13. The Kier molecular flexibility index (Phi) is 5.73. The van der Waals surface area contributed by atoms with Crippen molar-refractivity contribution in [2.45, 2.75) is 45.8 Å². The number of nitrogens with zero attached hydrogens (tertiary/aromatic N) is 4. The van der Waals surface area contributed by atoms with Crippen molar-refractivity contribution < 1.29 is 23.1 Å². The third kappa shape index (κ3) is 4.35. The maximum atomic E-state index is 13.0. The van der Waals surface area contributed by atoms with E-state index in [-0.39, 0.29) is 11.6 Å². The van der Waals surface area contributed by atoms with Crippen molar-refractivity contribution in [1.29, 1.82) is 0 Å². The van der Waals surface area contributed by atoms with E-state index in [1.165, 1.54) is 10.7 Å². The smallest absolute Gasteiger partial charge is 0.419 e. The van der Waals surface area contributed by atoms with Gasteiger partial charge in [0.2, 0.25) is 0 Å². The summed E-state index contributed by atoms with van der Waals surface area (Å²) in [4.78, 5) is 11.3.